The molecule has 4 N–H and O–H groups in total. The zero-order valence-electron chi connectivity index (χ0n) is 25.6. The molecule has 6 rings (SSSR count). The number of hydrogen-bond donors (Lipinski definition) is 4. The van der Waals surface area contributed by atoms with Gasteiger partial charge in [0.1, 0.15) is 21.3 Å². The van der Waals surface area contributed by atoms with Crippen molar-refractivity contribution in [2.45, 2.75) is 9.79 Å². The van der Waals surface area contributed by atoms with Crippen LogP contribution in [0.3, 0.4) is 0 Å². The van der Waals surface area contributed by atoms with E-state index in [4.69, 9.17) is 0 Å². The van der Waals surface area contributed by atoms with Crippen LogP contribution < -0.4 is 29.6 Å². The molecule has 0 aliphatic rings. The van der Waals surface area contributed by atoms with Gasteiger partial charge >= 0.3 is 29.6 Å². The van der Waals surface area contributed by atoms with Gasteiger partial charge < -0.3 is 10.2 Å². The van der Waals surface area contributed by atoms with Crippen molar-refractivity contribution >= 4 is 76.7 Å². The van der Waals surface area contributed by atoms with E-state index >= 15 is 0 Å². The average Bonchev–Trinajstić information content (AvgIpc) is 3.06. The first kappa shape index (κ1) is 35.5. The fourth-order valence-electron chi connectivity index (χ4n) is 5.00. The molecule has 6 aromatic carbocycles. The fraction of sp³-hybridized carbons (Fsp3) is 0. The van der Waals surface area contributed by atoms with Crippen LogP contribution in [-0.2, 0) is 20.2 Å². The number of hydrogen-bond acceptors (Lipinski definition) is 10. The Kier molecular flexibility index (Phi) is 10.4. The van der Waals surface area contributed by atoms with Crippen molar-refractivity contribution in [1.29, 1.82) is 0 Å². The van der Waals surface area contributed by atoms with Crippen LogP contribution in [0.2, 0.25) is 0 Å². The smallest absolute Gasteiger partial charge is 0.507 e. The third-order valence-electron chi connectivity index (χ3n) is 7.30. The molecular formula is C34H24N4NaO8S2+. The fourth-order valence-corrected chi connectivity index (χ4v) is 6.41. The third kappa shape index (κ3) is 7.92. The predicted octanol–water partition coefficient (Wildman–Crippen LogP) is 5.90. The number of phenolic OH excluding ortho intramolecular Hbond substituents is 2. The number of fused-ring (bicyclic) bond motifs is 2. The van der Waals surface area contributed by atoms with E-state index in [1.54, 1.807) is 60.7 Å². The van der Waals surface area contributed by atoms with Crippen LogP contribution in [0.1, 0.15) is 11.1 Å². The molecule has 0 aliphatic heterocycles. The average molecular weight is 704 g/mol. The predicted molar refractivity (Wildman–Crippen MR) is 181 cm³/mol. The van der Waals surface area contributed by atoms with E-state index in [-0.39, 0.29) is 63.6 Å². The minimum Gasteiger partial charge on any atom is -0.507 e. The molecule has 0 unspecified atom stereocenters. The summed E-state index contributed by atoms with van der Waals surface area (Å²) in [7, 11) is -9.56. The molecule has 0 atom stereocenters. The number of rotatable bonds is 8. The van der Waals surface area contributed by atoms with Gasteiger partial charge in [-0.3, -0.25) is 9.11 Å². The van der Waals surface area contributed by atoms with E-state index in [1.165, 1.54) is 48.6 Å². The maximum Gasteiger partial charge on any atom is 1.00 e. The SMILES string of the molecule is O=S(=O)(O)c1cc(N=Nc2ccc(O)c3ccccc23)ccc1/C=C/c1ccc(N=Nc2ccc(O)c3ccccc23)cc1S(=O)(=O)O.[Na+]. The van der Waals surface area contributed by atoms with Gasteiger partial charge in [0.05, 0.1) is 22.7 Å². The van der Waals surface area contributed by atoms with Gasteiger partial charge in [0.25, 0.3) is 20.2 Å². The molecule has 0 fully saturated rings. The Morgan fingerprint density at radius 1 is 0.469 bits per heavy atom. The first-order valence-corrected chi connectivity index (χ1v) is 16.9. The summed E-state index contributed by atoms with van der Waals surface area (Å²) in [4.78, 5) is -1.04. The summed E-state index contributed by atoms with van der Waals surface area (Å²) >= 11 is 0. The van der Waals surface area contributed by atoms with Crippen LogP contribution in [0, 0.1) is 0 Å². The zero-order valence-corrected chi connectivity index (χ0v) is 29.2. The molecule has 0 aromatic heterocycles. The normalized spacial score (nSPS) is 12.4. The Hall–Kier alpha value is -4.80. The van der Waals surface area contributed by atoms with Gasteiger partial charge in [0.15, 0.2) is 0 Å². The van der Waals surface area contributed by atoms with Crippen molar-refractivity contribution in [3.05, 3.63) is 120 Å². The Morgan fingerprint density at radius 2 is 0.837 bits per heavy atom. The van der Waals surface area contributed by atoms with E-state index in [9.17, 15) is 36.2 Å². The summed E-state index contributed by atoms with van der Waals surface area (Å²) in [5, 5.41) is 39.2. The molecule has 49 heavy (non-hydrogen) atoms. The monoisotopic (exact) mass is 703 g/mol. The van der Waals surface area contributed by atoms with Crippen LogP contribution >= 0.6 is 0 Å². The quantitative estimate of drug-likeness (QED) is 0.0650. The van der Waals surface area contributed by atoms with Crippen molar-refractivity contribution < 1.29 is 65.7 Å². The van der Waals surface area contributed by atoms with E-state index in [2.05, 4.69) is 20.5 Å². The zero-order chi connectivity index (χ0) is 34.1. The van der Waals surface area contributed by atoms with Crippen LogP contribution in [0.25, 0.3) is 33.7 Å². The Labute approximate surface area is 302 Å². The Balaban J connectivity index is 0.00000468. The molecule has 0 heterocycles. The van der Waals surface area contributed by atoms with E-state index in [1.807, 2.05) is 0 Å². The number of azo groups is 2. The number of nitrogens with zero attached hydrogens (tertiary/aromatic N) is 4. The summed E-state index contributed by atoms with van der Waals surface area (Å²) < 4.78 is 69.2. The first-order valence-electron chi connectivity index (χ1n) is 14.0. The summed E-state index contributed by atoms with van der Waals surface area (Å²) in [6.07, 6.45) is 2.51. The van der Waals surface area contributed by atoms with Gasteiger partial charge in [0.2, 0.25) is 0 Å². The van der Waals surface area contributed by atoms with Crippen LogP contribution in [-0.4, -0.2) is 36.2 Å². The molecule has 0 saturated carbocycles. The second kappa shape index (κ2) is 14.4. The van der Waals surface area contributed by atoms with E-state index in [0.717, 1.165) is 12.1 Å². The van der Waals surface area contributed by atoms with Gasteiger partial charge in [0, 0.05) is 21.5 Å². The van der Waals surface area contributed by atoms with Gasteiger partial charge in [-0.15, -0.1) is 10.2 Å². The molecule has 0 saturated heterocycles. The molecule has 0 bridgehead atoms. The van der Waals surface area contributed by atoms with Crippen molar-refractivity contribution in [1.82, 2.24) is 0 Å². The standard InChI is InChI=1S/C34H24N4O8S2.Na/c39-31-17-15-29(25-5-1-3-7-27(25)31)37-35-23-13-11-21(33(19-23)47(41,42)43)9-10-22-12-14-24(20-34(22)48(44,45)46)36-38-30-16-18-32(40)28-8-4-2-6-26(28)30;/h1-20,39-40H,(H,41,42,43)(H,44,45,46);/q;+1/b10-9+,37-35?,38-36?;. The summed E-state index contributed by atoms with van der Waals surface area (Å²) in [6.45, 7) is 0. The summed E-state index contributed by atoms with van der Waals surface area (Å²) in [6, 6.07) is 27.8. The minimum absolute atomic E-state index is 0. The Morgan fingerprint density at radius 3 is 1.20 bits per heavy atom. The molecule has 0 aliphatic carbocycles. The van der Waals surface area contributed by atoms with E-state index < -0.39 is 30.0 Å². The maximum absolute atomic E-state index is 12.3. The van der Waals surface area contributed by atoms with Crippen LogP contribution in [0.5, 0.6) is 11.5 Å². The molecule has 0 radical (unpaired) electrons. The van der Waals surface area contributed by atoms with Crippen molar-refractivity contribution in [2.75, 3.05) is 0 Å². The molecule has 0 spiro atoms. The molecule has 12 nitrogen and oxygen atoms in total. The molecular weight excluding hydrogens is 680 g/mol. The van der Waals surface area contributed by atoms with Crippen LogP contribution in [0.4, 0.5) is 22.7 Å². The first-order chi connectivity index (χ1) is 22.9. The van der Waals surface area contributed by atoms with Crippen molar-refractivity contribution in [2.24, 2.45) is 20.5 Å². The van der Waals surface area contributed by atoms with Crippen molar-refractivity contribution in [3.8, 4) is 11.5 Å². The number of benzene rings is 6. The molecule has 0 amide bonds. The minimum atomic E-state index is -4.78. The second-order valence-electron chi connectivity index (χ2n) is 10.4. The molecule has 6 aromatic rings. The van der Waals surface area contributed by atoms with Crippen LogP contribution in [0.15, 0.2) is 139 Å². The molecule has 240 valence electrons. The van der Waals surface area contributed by atoms with E-state index in [0.29, 0.717) is 32.9 Å². The van der Waals surface area contributed by atoms with Crippen molar-refractivity contribution in [3.63, 3.8) is 0 Å². The second-order valence-corrected chi connectivity index (χ2v) is 13.2. The largest absolute Gasteiger partial charge is 1.00 e. The van der Waals surface area contributed by atoms with Gasteiger partial charge in [-0.05, 0) is 59.7 Å². The van der Waals surface area contributed by atoms with Gasteiger partial charge in [-0.1, -0.05) is 72.8 Å². The van der Waals surface area contributed by atoms with Gasteiger partial charge in [-0.25, -0.2) is 0 Å². The maximum atomic E-state index is 12.3. The molecule has 15 heteroatoms. The van der Waals surface area contributed by atoms with Gasteiger partial charge in [-0.2, -0.15) is 27.1 Å². The third-order valence-corrected chi connectivity index (χ3v) is 9.11. The number of aromatic hydroxyl groups is 2. The summed E-state index contributed by atoms with van der Waals surface area (Å²) in [5.74, 6) is 0.127. The number of phenols is 2. The Bertz CT molecular complexity index is 2380. The summed E-state index contributed by atoms with van der Waals surface area (Å²) in [5.41, 5.74) is 1.00. The topological polar surface area (TPSA) is 199 Å².